The molecule has 0 spiro atoms. The van der Waals surface area contributed by atoms with Crippen molar-refractivity contribution < 1.29 is 18.7 Å². The van der Waals surface area contributed by atoms with Crippen molar-refractivity contribution >= 4 is 62.6 Å². The van der Waals surface area contributed by atoms with Crippen LogP contribution in [0.25, 0.3) is 22.4 Å². The first-order valence-electron chi connectivity index (χ1n) is 8.67. The number of anilines is 1. The summed E-state index contributed by atoms with van der Waals surface area (Å²) in [6.45, 7) is 1.48. The van der Waals surface area contributed by atoms with Crippen LogP contribution in [0.5, 0.6) is 0 Å². The zero-order valence-corrected chi connectivity index (χ0v) is 17.7. The van der Waals surface area contributed by atoms with Gasteiger partial charge in [-0.25, -0.2) is 14.8 Å². The third-order valence-corrected chi connectivity index (χ3v) is 5.67. The Hall–Kier alpha value is -2.94. The van der Waals surface area contributed by atoms with Gasteiger partial charge in [-0.05, 0) is 37.3 Å². The predicted molar refractivity (Wildman–Crippen MR) is 115 cm³/mol. The average Bonchev–Trinajstić information content (AvgIpc) is 3.38. The van der Waals surface area contributed by atoms with E-state index >= 15 is 0 Å². The Bertz CT molecular complexity index is 1250. The molecule has 30 heavy (non-hydrogen) atoms. The van der Waals surface area contributed by atoms with Crippen molar-refractivity contribution in [2.45, 2.75) is 13.0 Å². The number of benzene rings is 2. The largest absolute Gasteiger partial charge is 0.449 e. The minimum Gasteiger partial charge on any atom is -0.449 e. The minimum absolute atomic E-state index is 0.259. The van der Waals surface area contributed by atoms with Crippen molar-refractivity contribution in [3.8, 4) is 11.3 Å². The smallest absolute Gasteiger partial charge is 0.339 e. The number of amides is 1. The van der Waals surface area contributed by atoms with E-state index in [0.29, 0.717) is 32.0 Å². The quantitative estimate of drug-likeness (QED) is 0.397. The number of hydrogen-bond donors (Lipinski definition) is 1. The van der Waals surface area contributed by atoms with Crippen LogP contribution in [0.3, 0.4) is 0 Å². The molecular weight excluding hydrogens is 449 g/mol. The van der Waals surface area contributed by atoms with Crippen molar-refractivity contribution in [2.75, 3.05) is 5.32 Å². The molecule has 0 aliphatic heterocycles. The van der Waals surface area contributed by atoms with Crippen LogP contribution < -0.4 is 5.32 Å². The van der Waals surface area contributed by atoms with Gasteiger partial charge in [0.05, 0.1) is 21.3 Å². The van der Waals surface area contributed by atoms with E-state index < -0.39 is 18.0 Å². The number of carbonyl (C=O) groups is 2. The first-order valence-corrected chi connectivity index (χ1v) is 10.3. The lowest BCUT2D eigenvalue weighted by atomic mass is 10.2. The summed E-state index contributed by atoms with van der Waals surface area (Å²) in [5.74, 6) is -1.15. The van der Waals surface area contributed by atoms with Gasteiger partial charge in [-0.3, -0.25) is 10.1 Å². The molecule has 1 atom stereocenters. The van der Waals surface area contributed by atoms with Crippen LogP contribution in [0.1, 0.15) is 17.3 Å². The highest BCUT2D eigenvalue weighted by molar-refractivity contribution is 7.14. The molecule has 10 heteroatoms. The lowest BCUT2D eigenvalue weighted by Crippen LogP contribution is -2.29. The molecule has 0 saturated heterocycles. The van der Waals surface area contributed by atoms with Crippen LogP contribution in [0, 0.1) is 0 Å². The Morgan fingerprint density at radius 1 is 1.17 bits per heavy atom. The molecule has 1 unspecified atom stereocenters. The highest BCUT2D eigenvalue weighted by Crippen LogP contribution is 2.30. The number of hydrogen-bond acceptors (Lipinski definition) is 7. The highest BCUT2D eigenvalue weighted by atomic mass is 35.5. The molecule has 4 aromatic rings. The fraction of sp³-hybridized carbons (Fsp3) is 0.100. The summed E-state index contributed by atoms with van der Waals surface area (Å²) < 4.78 is 10.4. The monoisotopic (exact) mass is 461 g/mol. The second-order valence-corrected chi connectivity index (χ2v) is 7.91. The van der Waals surface area contributed by atoms with Gasteiger partial charge in [-0.2, -0.15) is 0 Å². The van der Waals surface area contributed by atoms with Crippen LogP contribution in [-0.4, -0.2) is 27.9 Å². The average molecular weight is 462 g/mol. The molecule has 0 radical (unpaired) electrons. The Morgan fingerprint density at radius 2 is 2.00 bits per heavy atom. The summed E-state index contributed by atoms with van der Waals surface area (Å²) in [6, 6.07) is 9.86. The van der Waals surface area contributed by atoms with Crippen LogP contribution in [0.15, 0.2) is 52.6 Å². The number of aromatic nitrogens is 2. The van der Waals surface area contributed by atoms with Gasteiger partial charge in [0.1, 0.15) is 5.52 Å². The zero-order chi connectivity index (χ0) is 21.3. The van der Waals surface area contributed by atoms with Crippen molar-refractivity contribution in [1.29, 1.82) is 0 Å². The number of nitrogens with zero attached hydrogens (tertiary/aromatic N) is 2. The first kappa shape index (κ1) is 20.3. The number of thiazole rings is 1. The lowest BCUT2D eigenvalue weighted by molar-refractivity contribution is -0.123. The maximum absolute atomic E-state index is 12.4. The number of esters is 1. The number of rotatable bonds is 5. The molecule has 0 saturated carbocycles. The molecule has 2 aromatic carbocycles. The number of oxazole rings is 1. The Kier molecular flexibility index (Phi) is 5.72. The summed E-state index contributed by atoms with van der Waals surface area (Å²) in [4.78, 5) is 33.1. The van der Waals surface area contributed by atoms with Gasteiger partial charge in [-0.1, -0.05) is 29.3 Å². The van der Waals surface area contributed by atoms with Gasteiger partial charge < -0.3 is 9.15 Å². The topological polar surface area (TPSA) is 94.3 Å². The minimum atomic E-state index is -1.03. The summed E-state index contributed by atoms with van der Waals surface area (Å²) in [5.41, 5.74) is 2.75. The van der Waals surface area contributed by atoms with Gasteiger partial charge >= 0.3 is 5.97 Å². The third kappa shape index (κ3) is 4.30. The number of ether oxygens (including phenoxy) is 1. The molecule has 152 valence electrons. The van der Waals surface area contributed by atoms with Gasteiger partial charge in [0.15, 0.2) is 23.2 Å². The number of carbonyl (C=O) groups excluding carboxylic acids is 2. The van der Waals surface area contributed by atoms with E-state index in [0.717, 1.165) is 5.56 Å². The van der Waals surface area contributed by atoms with E-state index in [1.54, 1.807) is 35.7 Å². The van der Waals surface area contributed by atoms with E-state index in [-0.39, 0.29) is 5.56 Å². The van der Waals surface area contributed by atoms with Crippen molar-refractivity contribution in [3.63, 3.8) is 0 Å². The molecule has 7 nitrogen and oxygen atoms in total. The van der Waals surface area contributed by atoms with E-state index in [1.807, 2.05) is 0 Å². The van der Waals surface area contributed by atoms with Gasteiger partial charge in [0.25, 0.3) is 5.91 Å². The van der Waals surface area contributed by atoms with E-state index in [1.165, 1.54) is 30.7 Å². The molecule has 0 aliphatic carbocycles. The van der Waals surface area contributed by atoms with Crippen molar-refractivity contribution in [3.05, 3.63) is 63.8 Å². The molecular formula is C20H13Cl2N3O4S. The zero-order valence-electron chi connectivity index (χ0n) is 15.4. The first-order chi connectivity index (χ1) is 14.4. The summed E-state index contributed by atoms with van der Waals surface area (Å²) in [6.07, 6.45) is 0.260. The van der Waals surface area contributed by atoms with E-state index in [2.05, 4.69) is 15.3 Å². The molecule has 4 rings (SSSR count). The Balaban J connectivity index is 1.40. The maximum atomic E-state index is 12.4. The molecule has 2 heterocycles. The van der Waals surface area contributed by atoms with Crippen LogP contribution in [-0.2, 0) is 9.53 Å². The highest BCUT2D eigenvalue weighted by Gasteiger charge is 2.21. The second kappa shape index (κ2) is 8.43. The Morgan fingerprint density at radius 3 is 2.80 bits per heavy atom. The van der Waals surface area contributed by atoms with Crippen molar-refractivity contribution in [2.24, 2.45) is 0 Å². The Labute approximate surface area is 184 Å². The maximum Gasteiger partial charge on any atom is 0.339 e. The second-order valence-electron chi connectivity index (χ2n) is 6.24. The molecule has 2 aromatic heterocycles. The summed E-state index contributed by atoms with van der Waals surface area (Å²) in [7, 11) is 0. The van der Waals surface area contributed by atoms with E-state index in [4.69, 9.17) is 32.4 Å². The van der Waals surface area contributed by atoms with Gasteiger partial charge in [-0.15, -0.1) is 11.3 Å². The van der Waals surface area contributed by atoms with Crippen LogP contribution in [0.2, 0.25) is 10.0 Å². The van der Waals surface area contributed by atoms with Crippen LogP contribution >= 0.6 is 34.5 Å². The predicted octanol–water partition coefficient (Wildman–Crippen LogP) is 5.44. The fourth-order valence-corrected chi connectivity index (χ4v) is 3.61. The third-order valence-electron chi connectivity index (χ3n) is 4.17. The molecule has 0 aliphatic rings. The lowest BCUT2D eigenvalue weighted by Gasteiger charge is -2.12. The SMILES string of the molecule is CC(OC(=O)c1ccc2ncoc2c1)C(=O)Nc1nc(-c2ccc(Cl)c(Cl)c2)cs1. The fourth-order valence-electron chi connectivity index (χ4n) is 2.59. The van der Waals surface area contributed by atoms with Crippen molar-refractivity contribution in [1.82, 2.24) is 9.97 Å². The molecule has 0 fully saturated rings. The molecule has 1 N–H and O–H groups in total. The standard InChI is InChI=1S/C20H13Cl2N3O4S/c1-10(29-19(27)12-3-5-15-17(7-12)28-9-23-15)18(26)25-20-24-16(8-30-20)11-2-4-13(21)14(22)6-11/h2-10H,1H3,(H,24,25,26). The van der Waals surface area contributed by atoms with Gasteiger partial charge in [0.2, 0.25) is 0 Å². The number of fused-ring (bicyclic) bond motifs is 1. The van der Waals surface area contributed by atoms with E-state index in [9.17, 15) is 9.59 Å². The number of nitrogens with one attached hydrogen (secondary N) is 1. The molecule has 0 bridgehead atoms. The number of halogens is 2. The summed E-state index contributed by atoms with van der Waals surface area (Å²) in [5, 5.41) is 5.65. The summed E-state index contributed by atoms with van der Waals surface area (Å²) >= 11 is 13.2. The molecule has 1 amide bonds. The normalized spacial score (nSPS) is 12.0. The van der Waals surface area contributed by atoms with Crippen LogP contribution in [0.4, 0.5) is 5.13 Å². The van der Waals surface area contributed by atoms with Gasteiger partial charge in [0, 0.05) is 10.9 Å².